The van der Waals surface area contributed by atoms with E-state index in [1.54, 1.807) is 30.0 Å². The number of hydrogen-bond acceptors (Lipinski definition) is 4. The molecule has 0 N–H and O–H groups in total. The van der Waals surface area contributed by atoms with Gasteiger partial charge in [0, 0.05) is 13.6 Å². The Morgan fingerprint density at radius 1 is 1.35 bits per heavy atom. The van der Waals surface area contributed by atoms with Crippen molar-refractivity contribution >= 4 is 45.2 Å². The van der Waals surface area contributed by atoms with Crippen molar-refractivity contribution in [2.24, 2.45) is 0 Å². The van der Waals surface area contributed by atoms with Crippen LogP contribution in [0.15, 0.2) is 22.3 Å². The number of halogens is 1. The molecular weight excluding hydrogens is 380 g/mol. The smallest absolute Gasteiger partial charge is 0.276 e. The topological polar surface area (TPSA) is 42.0 Å². The van der Waals surface area contributed by atoms with E-state index in [0.717, 1.165) is 10.0 Å². The predicted molar refractivity (Wildman–Crippen MR) is 97.6 cm³/mol. The number of benzene rings is 1. The zero-order valence-electron chi connectivity index (χ0n) is 13.6. The third-order valence-electron chi connectivity index (χ3n) is 3.50. The van der Waals surface area contributed by atoms with E-state index in [4.69, 9.17) is 21.7 Å². The maximum absolute atomic E-state index is 12.4. The van der Waals surface area contributed by atoms with Crippen molar-refractivity contribution in [2.75, 3.05) is 27.3 Å². The summed E-state index contributed by atoms with van der Waals surface area (Å²) in [5, 5.41) is 0.515. The number of rotatable bonds is 5. The fourth-order valence-electron chi connectivity index (χ4n) is 2.36. The quantitative estimate of drug-likeness (QED) is 0.562. The molecule has 23 heavy (non-hydrogen) atoms. The average Bonchev–Trinajstić information content (AvgIpc) is 2.73. The first-order valence-corrected chi connectivity index (χ1v) is 8.46. The van der Waals surface area contributed by atoms with Gasteiger partial charge < -0.3 is 14.4 Å². The van der Waals surface area contributed by atoms with Gasteiger partial charge in [0.15, 0.2) is 16.6 Å². The molecule has 1 aromatic rings. The minimum atomic E-state index is -0.0935. The van der Waals surface area contributed by atoms with Gasteiger partial charge in [0.2, 0.25) is 0 Å². The van der Waals surface area contributed by atoms with Crippen LogP contribution in [0.4, 0.5) is 0 Å². The first kappa shape index (κ1) is 17.7. The fraction of sp³-hybridized carbons (Fsp3) is 0.375. The number of methoxy groups -OCH3 is 1. The van der Waals surface area contributed by atoms with Crippen molar-refractivity contribution in [3.05, 3.63) is 27.9 Å². The number of hydrogen-bond donors (Lipinski definition) is 0. The maximum atomic E-state index is 12.4. The van der Waals surface area contributed by atoms with Gasteiger partial charge in [0.05, 0.1) is 18.2 Å². The summed E-state index contributed by atoms with van der Waals surface area (Å²) < 4.78 is 11.7. The van der Waals surface area contributed by atoms with Gasteiger partial charge in [0.25, 0.3) is 5.91 Å². The summed E-state index contributed by atoms with van der Waals surface area (Å²) in [6.45, 7) is 4.90. The Labute approximate surface area is 150 Å². The van der Waals surface area contributed by atoms with Gasteiger partial charge in [0.1, 0.15) is 5.70 Å². The second-order valence-electron chi connectivity index (χ2n) is 4.89. The zero-order valence-corrected chi connectivity index (χ0v) is 16.0. The summed E-state index contributed by atoms with van der Waals surface area (Å²) in [7, 11) is 3.38. The molecule has 1 fully saturated rings. The number of thiocarbonyl (C=S) groups is 1. The Morgan fingerprint density at radius 3 is 2.57 bits per heavy atom. The molecule has 1 amide bonds. The molecule has 0 atom stereocenters. The summed E-state index contributed by atoms with van der Waals surface area (Å²) >= 11 is 8.79. The van der Waals surface area contributed by atoms with Gasteiger partial charge in [-0.1, -0.05) is 0 Å². The van der Waals surface area contributed by atoms with Crippen LogP contribution in [0.5, 0.6) is 11.5 Å². The van der Waals surface area contributed by atoms with Crippen LogP contribution in [0.3, 0.4) is 0 Å². The van der Waals surface area contributed by atoms with Crippen molar-refractivity contribution in [1.82, 2.24) is 9.80 Å². The zero-order chi connectivity index (χ0) is 17.1. The van der Waals surface area contributed by atoms with Crippen LogP contribution in [0.1, 0.15) is 19.4 Å². The minimum absolute atomic E-state index is 0.0935. The Morgan fingerprint density at radius 2 is 2.04 bits per heavy atom. The van der Waals surface area contributed by atoms with Crippen LogP contribution in [0.25, 0.3) is 6.08 Å². The molecule has 1 heterocycles. The molecule has 0 spiro atoms. The minimum Gasteiger partial charge on any atom is -0.493 e. The van der Waals surface area contributed by atoms with E-state index in [1.165, 1.54) is 0 Å². The largest absolute Gasteiger partial charge is 0.493 e. The third-order valence-corrected chi connectivity index (χ3v) is 4.59. The molecule has 0 radical (unpaired) electrons. The highest BCUT2D eigenvalue weighted by Gasteiger charge is 2.34. The Balaban J connectivity index is 2.45. The van der Waals surface area contributed by atoms with Crippen LogP contribution in [-0.4, -0.2) is 48.1 Å². The first-order chi connectivity index (χ1) is 10.9. The Bertz CT molecular complexity index is 676. The summed E-state index contributed by atoms with van der Waals surface area (Å²) in [6, 6.07) is 3.72. The molecule has 0 bridgehead atoms. The van der Waals surface area contributed by atoms with Crippen LogP contribution in [0.2, 0.25) is 0 Å². The van der Waals surface area contributed by atoms with Gasteiger partial charge >= 0.3 is 0 Å². The number of carbonyl (C=O) groups is 1. The maximum Gasteiger partial charge on any atom is 0.276 e. The molecule has 1 aromatic carbocycles. The molecule has 1 aliphatic heterocycles. The van der Waals surface area contributed by atoms with E-state index in [-0.39, 0.29) is 5.91 Å². The van der Waals surface area contributed by atoms with Crippen molar-refractivity contribution in [1.29, 1.82) is 0 Å². The van der Waals surface area contributed by atoms with Crippen molar-refractivity contribution in [2.45, 2.75) is 13.8 Å². The summed E-state index contributed by atoms with van der Waals surface area (Å²) in [4.78, 5) is 15.7. The second-order valence-corrected chi connectivity index (χ2v) is 6.11. The van der Waals surface area contributed by atoms with E-state index < -0.39 is 0 Å². The summed E-state index contributed by atoms with van der Waals surface area (Å²) in [5.74, 6) is 1.16. The Kier molecular flexibility index (Phi) is 5.64. The average molecular weight is 399 g/mol. The standard InChI is InChI=1S/C16H19BrN2O3S/c1-5-19-15(20)12(18(3)16(19)23)8-10-7-11(17)14(22-6-2)13(9-10)21-4/h7-9H,5-6H2,1-4H3/b12-8-. The number of carbonyl (C=O) groups excluding carboxylic acids is 1. The molecule has 5 nitrogen and oxygen atoms in total. The van der Waals surface area contributed by atoms with Crippen LogP contribution >= 0.6 is 28.1 Å². The highest BCUT2D eigenvalue weighted by Crippen LogP contribution is 2.37. The van der Waals surface area contributed by atoms with Gasteiger partial charge in [-0.15, -0.1) is 0 Å². The summed E-state index contributed by atoms with van der Waals surface area (Å²) in [6.07, 6.45) is 1.80. The molecule has 0 aromatic heterocycles. The monoisotopic (exact) mass is 398 g/mol. The number of nitrogens with zero attached hydrogens (tertiary/aromatic N) is 2. The first-order valence-electron chi connectivity index (χ1n) is 7.26. The molecule has 0 aliphatic carbocycles. The van der Waals surface area contributed by atoms with Gasteiger partial charge in [-0.3, -0.25) is 9.69 Å². The van der Waals surface area contributed by atoms with Crippen molar-refractivity contribution in [3.63, 3.8) is 0 Å². The fourth-order valence-corrected chi connectivity index (χ4v) is 3.24. The van der Waals surface area contributed by atoms with Crippen molar-refractivity contribution < 1.29 is 14.3 Å². The van der Waals surface area contributed by atoms with Crippen LogP contribution in [-0.2, 0) is 4.79 Å². The molecule has 0 saturated carbocycles. The summed E-state index contributed by atoms with van der Waals surface area (Å²) in [5.41, 5.74) is 1.36. The van der Waals surface area contributed by atoms with E-state index >= 15 is 0 Å². The lowest BCUT2D eigenvalue weighted by atomic mass is 10.1. The third kappa shape index (κ3) is 3.35. The van der Waals surface area contributed by atoms with Gasteiger partial charge in [-0.2, -0.15) is 0 Å². The lowest BCUT2D eigenvalue weighted by Crippen LogP contribution is -2.30. The number of likely N-dealkylation sites (N-methyl/N-ethyl adjacent to an activating group) is 2. The number of ether oxygens (including phenoxy) is 2. The Hall–Kier alpha value is -1.60. The molecule has 2 rings (SSSR count). The molecule has 124 valence electrons. The highest BCUT2D eigenvalue weighted by molar-refractivity contribution is 9.10. The molecule has 1 saturated heterocycles. The predicted octanol–water partition coefficient (Wildman–Crippen LogP) is 3.28. The molecule has 1 aliphatic rings. The molecule has 0 unspecified atom stereocenters. The molecular formula is C16H19BrN2O3S. The molecule has 7 heteroatoms. The van der Waals surface area contributed by atoms with E-state index in [0.29, 0.717) is 35.5 Å². The van der Waals surface area contributed by atoms with E-state index in [2.05, 4.69) is 15.9 Å². The SMILES string of the molecule is CCOc1c(Br)cc(/C=C2/C(=O)N(CC)C(=S)N2C)cc1OC. The van der Waals surface area contributed by atoms with Crippen LogP contribution in [0, 0.1) is 0 Å². The number of amides is 1. The van der Waals surface area contributed by atoms with Gasteiger partial charge in [-0.25, -0.2) is 0 Å². The van der Waals surface area contributed by atoms with Crippen molar-refractivity contribution in [3.8, 4) is 11.5 Å². The normalized spacial score (nSPS) is 16.5. The lowest BCUT2D eigenvalue weighted by molar-refractivity contribution is -0.122. The van der Waals surface area contributed by atoms with Gasteiger partial charge in [-0.05, 0) is 65.8 Å². The van der Waals surface area contributed by atoms with Crippen LogP contribution < -0.4 is 9.47 Å². The lowest BCUT2D eigenvalue weighted by Gasteiger charge is -2.14. The second kappa shape index (κ2) is 7.31. The highest BCUT2D eigenvalue weighted by atomic mass is 79.9. The van der Waals surface area contributed by atoms with E-state index in [9.17, 15) is 4.79 Å². The van der Waals surface area contributed by atoms with E-state index in [1.807, 2.05) is 26.0 Å².